The molecule has 1 aromatic carbocycles. The summed E-state index contributed by atoms with van der Waals surface area (Å²) in [5.74, 6) is 0. The maximum Gasteiger partial charge on any atom is 0.410 e. The summed E-state index contributed by atoms with van der Waals surface area (Å²) in [5.41, 5.74) is 0.501. The van der Waals surface area contributed by atoms with E-state index in [0.29, 0.717) is 39.0 Å². The Morgan fingerprint density at radius 3 is 2.73 bits per heavy atom. The molecule has 0 aliphatic carbocycles. The minimum atomic E-state index is -0.912. The summed E-state index contributed by atoms with van der Waals surface area (Å²) in [6.07, 6.45) is -0.117. The van der Waals surface area contributed by atoms with Gasteiger partial charge in [-0.1, -0.05) is 28.1 Å². The van der Waals surface area contributed by atoms with Gasteiger partial charge >= 0.3 is 12.2 Å². The Hall–Kier alpha value is -1.76. The van der Waals surface area contributed by atoms with Gasteiger partial charge in [-0.3, -0.25) is 4.90 Å². The van der Waals surface area contributed by atoms with Gasteiger partial charge in [-0.05, 0) is 17.7 Å². The molecule has 2 amide bonds. The van der Waals surface area contributed by atoms with E-state index in [0.717, 1.165) is 10.0 Å². The van der Waals surface area contributed by atoms with Crippen molar-refractivity contribution < 1.29 is 19.4 Å². The topological polar surface area (TPSA) is 70.1 Å². The molecule has 0 aromatic heterocycles. The SMILES string of the molecule is O=C(O)N1CCC2(CC1)CN(Cc1cccc(Br)c1)C(=O)O2. The van der Waals surface area contributed by atoms with E-state index in [1.807, 2.05) is 24.3 Å². The van der Waals surface area contributed by atoms with Crippen molar-refractivity contribution in [1.82, 2.24) is 9.80 Å². The fourth-order valence-corrected chi connectivity index (χ4v) is 3.48. The van der Waals surface area contributed by atoms with E-state index >= 15 is 0 Å². The molecule has 2 saturated heterocycles. The summed E-state index contributed by atoms with van der Waals surface area (Å²) in [6.45, 7) is 1.84. The first-order valence-corrected chi connectivity index (χ1v) is 7.97. The number of hydrogen-bond donors (Lipinski definition) is 1. The number of piperidine rings is 1. The Kier molecular flexibility index (Phi) is 3.99. The van der Waals surface area contributed by atoms with Gasteiger partial charge < -0.3 is 14.7 Å². The highest BCUT2D eigenvalue weighted by molar-refractivity contribution is 9.10. The number of benzene rings is 1. The fourth-order valence-electron chi connectivity index (χ4n) is 3.04. The summed E-state index contributed by atoms with van der Waals surface area (Å²) < 4.78 is 6.56. The molecule has 2 aliphatic rings. The zero-order valence-electron chi connectivity index (χ0n) is 12.0. The summed E-state index contributed by atoms with van der Waals surface area (Å²) in [7, 11) is 0. The van der Waals surface area contributed by atoms with Crippen LogP contribution in [0.3, 0.4) is 0 Å². The van der Waals surface area contributed by atoms with Crippen LogP contribution >= 0.6 is 15.9 Å². The van der Waals surface area contributed by atoms with E-state index in [1.165, 1.54) is 4.90 Å². The third kappa shape index (κ3) is 3.04. The number of nitrogens with zero attached hydrogens (tertiary/aromatic N) is 2. The van der Waals surface area contributed by atoms with Crippen LogP contribution < -0.4 is 0 Å². The molecule has 0 radical (unpaired) electrons. The Morgan fingerprint density at radius 1 is 1.36 bits per heavy atom. The molecular formula is C15H17BrN2O4. The van der Waals surface area contributed by atoms with Crippen LogP contribution in [0.4, 0.5) is 9.59 Å². The standard InChI is InChI=1S/C15H17BrN2O4/c16-12-3-1-2-11(8-12)9-18-10-15(22-14(18)21)4-6-17(7-5-15)13(19)20/h1-3,8H,4-7,9-10H2,(H,19,20). The lowest BCUT2D eigenvalue weighted by Crippen LogP contribution is -2.48. The zero-order valence-corrected chi connectivity index (χ0v) is 13.6. The van der Waals surface area contributed by atoms with E-state index in [9.17, 15) is 9.59 Å². The van der Waals surface area contributed by atoms with Crippen LogP contribution in [-0.4, -0.2) is 52.3 Å². The zero-order chi connectivity index (χ0) is 15.7. The van der Waals surface area contributed by atoms with Gasteiger partial charge in [0.05, 0.1) is 6.54 Å². The van der Waals surface area contributed by atoms with Crippen molar-refractivity contribution >= 4 is 28.1 Å². The number of amides is 2. The Balaban J connectivity index is 1.65. The number of hydrogen-bond acceptors (Lipinski definition) is 3. The second kappa shape index (κ2) is 5.79. The van der Waals surface area contributed by atoms with Gasteiger partial charge in [0, 0.05) is 36.9 Å². The van der Waals surface area contributed by atoms with Gasteiger partial charge in [0.2, 0.25) is 0 Å². The molecule has 1 N–H and O–H groups in total. The number of rotatable bonds is 2. The molecule has 0 bridgehead atoms. The third-order valence-electron chi connectivity index (χ3n) is 4.25. The van der Waals surface area contributed by atoms with Crippen molar-refractivity contribution in [1.29, 1.82) is 0 Å². The van der Waals surface area contributed by atoms with Crippen LogP contribution in [0.2, 0.25) is 0 Å². The fraction of sp³-hybridized carbons (Fsp3) is 0.467. The Morgan fingerprint density at radius 2 is 2.09 bits per heavy atom. The highest BCUT2D eigenvalue weighted by Gasteiger charge is 2.47. The second-order valence-electron chi connectivity index (χ2n) is 5.81. The molecule has 3 rings (SSSR count). The van der Waals surface area contributed by atoms with Crippen LogP contribution in [0.25, 0.3) is 0 Å². The van der Waals surface area contributed by atoms with Gasteiger partial charge in [-0.15, -0.1) is 0 Å². The van der Waals surface area contributed by atoms with E-state index in [-0.39, 0.29) is 6.09 Å². The molecule has 2 fully saturated rings. The number of ether oxygens (including phenoxy) is 1. The lowest BCUT2D eigenvalue weighted by Gasteiger charge is -2.36. The quantitative estimate of drug-likeness (QED) is 0.870. The molecule has 1 spiro atoms. The van der Waals surface area contributed by atoms with Crippen molar-refractivity contribution in [2.75, 3.05) is 19.6 Å². The molecule has 2 aliphatic heterocycles. The minimum Gasteiger partial charge on any atom is -0.465 e. The third-order valence-corrected chi connectivity index (χ3v) is 4.74. The number of likely N-dealkylation sites (tertiary alicyclic amines) is 1. The van der Waals surface area contributed by atoms with E-state index in [2.05, 4.69) is 15.9 Å². The largest absolute Gasteiger partial charge is 0.465 e. The van der Waals surface area contributed by atoms with Crippen molar-refractivity contribution in [2.45, 2.75) is 25.0 Å². The predicted molar refractivity (Wildman–Crippen MR) is 82.6 cm³/mol. The first-order chi connectivity index (χ1) is 10.5. The van der Waals surface area contributed by atoms with E-state index < -0.39 is 11.7 Å². The maximum atomic E-state index is 12.1. The van der Waals surface area contributed by atoms with Gasteiger partial charge in [0.15, 0.2) is 0 Å². The van der Waals surface area contributed by atoms with Gasteiger partial charge in [0.25, 0.3) is 0 Å². The molecule has 7 heteroatoms. The lowest BCUT2D eigenvalue weighted by molar-refractivity contribution is 0.00431. The minimum absolute atomic E-state index is 0.316. The first kappa shape index (κ1) is 15.1. The lowest BCUT2D eigenvalue weighted by atomic mass is 9.91. The normalized spacial score (nSPS) is 20.3. The average Bonchev–Trinajstić information content (AvgIpc) is 2.75. The van der Waals surface area contributed by atoms with Crippen molar-refractivity contribution in [3.63, 3.8) is 0 Å². The summed E-state index contributed by atoms with van der Waals surface area (Å²) in [4.78, 5) is 26.1. The summed E-state index contributed by atoms with van der Waals surface area (Å²) in [5, 5.41) is 9.00. The number of carbonyl (C=O) groups is 2. The summed E-state index contributed by atoms with van der Waals surface area (Å²) in [6, 6.07) is 7.82. The molecule has 22 heavy (non-hydrogen) atoms. The molecule has 0 unspecified atom stereocenters. The van der Waals surface area contributed by atoms with Crippen LogP contribution in [-0.2, 0) is 11.3 Å². The molecule has 1 aromatic rings. The van der Waals surface area contributed by atoms with Crippen LogP contribution in [0.1, 0.15) is 18.4 Å². The molecule has 2 heterocycles. The van der Waals surface area contributed by atoms with Crippen molar-refractivity contribution in [3.05, 3.63) is 34.3 Å². The van der Waals surface area contributed by atoms with Gasteiger partial charge in [-0.25, -0.2) is 9.59 Å². The van der Waals surface area contributed by atoms with Gasteiger partial charge in [0.1, 0.15) is 5.60 Å². The summed E-state index contributed by atoms with van der Waals surface area (Å²) >= 11 is 3.42. The second-order valence-corrected chi connectivity index (χ2v) is 6.72. The smallest absolute Gasteiger partial charge is 0.410 e. The predicted octanol–water partition coefficient (Wildman–Crippen LogP) is 2.91. The monoisotopic (exact) mass is 368 g/mol. The highest BCUT2D eigenvalue weighted by Crippen LogP contribution is 2.34. The van der Waals surface area contributed by atoms with Crippen LogP contribution in [0.15, 0.2) is 28.7 Å². The number of carbonyl (C=O) groups excluding carboxylic acids is 1. The molecule has 6 nitrogen and oxygen atoms in total. The van der Waals surface area contributed by atoms with E-state index in [1.54, 1.807) is 4.90 Å². The molecular weight excluding hydrogens is 352 g/mol. The Bertz CT molecular complexity index is 599. The molecule has 0 atom stereocenters. The average molecular weight is 369 g/mol. The van der Waals surface area contributed by atoms with Crippen molar-refractivity contribution in [3.8, 4) is 0 Å². The van der Waals surface area contributed by atoms with Crippen LogP contribution in [0, 0.1) is 0 Å². The van der Waals surface area contributed by atoms with Crippen LogP contribution in [0.5, 0.6) is 0 Å². The molecule has 118 valence electrons. The highest BCUT2D eigenvalue weighted by atomic mass is 79.9. The first-order valence-electron chi connectivity index (χ1n) is 7.18. The van der Waals surface area contributed by atoms with Crippen molar-refractivity contribution in [2.24, 2.45) is 0 Å². The molecule has 0 saturated carbocycles. The maximum absolute atomic E-state index is 12.1. The number of carboxylic acid groups (broad SMARTS) is 1. The Labute approximate surface area is 136 Å². The van der Waals surface area contributed by atoms with Gasteiger partial charge in [-0.2, -0.15) is 0 Å². The number of halogens is 1. The van der Waals surface area contributed by atoms with E-state index in [4.69, 9.17) is 9.84 Å².